The van der Waals surface area contributed by atoms with E-state index in [-0.39, 0.29) is 0 Å². The summed E-state index contributed by atoms with van der Waals surface area (Å²) in [7, 11) is 3.63. The Bertz CT molecular complexity index is 506. The maximum absolute atomic E-state index is 5.74. The van der Waals surface area contributed by atoms with Gasteiger partial charge in [-0.25, -0.2) is 0 Å². The van der Waals surface area contributed by atoms with Crippen molar-refractivity contribution in [3.8, 4) is 11.5 Å². The van der Waals surface area contributed by atoms with Crippen LogP contribution >= 0.6 is 0 Å². The molecule has 106 valence electrons. The van der Waals surface area contributed by atoms with E-state index < -0.39 is 0 Å². The van der Waals surface area contributed by atoms with Gasteiger partial charge in [-0.1, -0.05) is 24.3 Å². The van der Waals surface area contributed by atoms with E-state index in [1.165, 1.54) is 11.1 Å². The minimum atomic E-state index is 0.582. The lowest BCUT2D eigenvalue weighted by atomic mass is 10.1. The number of hydrogen-bond acceptors (Lipinski definition) is 3. The van der Waals surface area contributed by atoms with E-state index in [0.29, 0.717) is 6.61 Å². The Balaban J connectivity index is 1.86. The molecule has 0 saturated carbocycles. The SMILES string of the molecule is CNCCc1ccc(COc2ccc(OC)cc2)cc1. The minimum Gasteiger partial charge on any atom is -0.497 e. The van der Waals surface area contributed by atoms with Gasteiger partial charge in [0.2, 0.25) is 0 Å². The summed E-state index contributed by atoms with van der Waals surface area (Å²) in [6.07, 6.45) is 1.05. The molecule has 0 unspecified atom stereocenters. The molecule has 0 spiro atoms. The first-order valence-electron chi connectivity index (χ1n) is 6.81. The highest BCUT2D eigenvalue weighted by atomic mass is 16.5. The first-order chi connectivity index (χ1) is 9.81. The summed E-state index contributed by atoms with van der Waals surface area (Å²) in [6.45, 7) is 1.58. The average Bonchev–Trinajstić information content (AvgIpc) is 2.52. The van der Waals surface area contributed by atoms with Crippen LogP contribution in [0, 0.1) is 0 Å². The number of hydrogen-bond donors (Lipinski definition) is 1. The van der Waals surface area contributed by atoms with Crippen molar-refractivity contribution in [2.45, 2.75) is 13.0 Å². The maximum atomic E-state index is 5.74. The number of nitrogens with one attached hydrogen (secondary N) is 1. The quantitative estimate of drug-likeness (QED) is 0.839. The van der Waals surface area contributed by atoms with Crippen molar-refractivity contribution in [3.63, 3.8) is 0 Å². The highest BCUT2D eigenvalue weighted by Gasteiger charge is 1.98. The van der Waals surface area contributed by atoms with Crippen LogP contribution in [-0.4, -0.2) is 20.7 Å². The van der Waals surface area contributed by atoms with Gasteiger partial charge in [-0.3, -0.25) is 0 Å². The Morgan fingerprint density at radius 3 is 2.05 bits per heavy atom. The molecule has 3 heteroatoms. The molecule has 0 atom stereocenters. The van der Waals surface area contributed by atoms with Gasteiger partial charge in [0.1, 0.15) is 18.1 Å². The summed E-state index contributed by atoms with van der Waals surface area (Å²) < 4.78 is 10.9. The van der Waals surface area contributed by atoms with Crippen molar-refractivity contribution in [1.29, 1.82) is 0 Å². The monoisotopic (exact) mass is 271 g/mol. The molecule has 0 aromatic heterocycles. The van der Waals surface area contributed by atoms with Crippen LogP contribution in [-0.2, 0) is 13.0 Å². The van der Waals surface area contributed by atoms with Gasteiger partial charge in [0.25, 0.3) is 0 Å². The van der Waals surface area contributed by atoms with Crippen LogP contribution in [0.3, 0.4) is 0 Å². The van der Waals surface area contributed by atoms with Gasteiger partial charge in [0.05, 0.1) is 7.11 Å². The Labute approximate surface area is 120 Å². The summed E-state index contributed by atoms with van der Waals surface area (Å²) in [5.41, 5.74) is 2.52. The van der Waals surface area contributed by atoms with Crippen LogP contribution in [0.4, 0.5) is 0 Å². The van der Waals surface area contributed by atoms with Crippen LogP contribution in [0.5, 0.6) is 11.5 Å². The van der Waals surface area contributed by atoms with E-state index in [1.807, 2.05) is 31.3 Å². The third-order valence-electron chi connectivity index (χ3n) is 3.15. The summed E-state index contributed by atoms with van der Waals surface area (Å²) in [5, 5.41) is 3.15. The molecule has 2 aromatic rings. The zero-order chi connectivity index (χ0) is 14.2. The molecule has 0 heterocycles. The second kappa shape index (κ2) is 7.56. The molecule has 20 heavy (non-hydrogen) atoms. The van der Waals surface area contributed by atoms with Gasteiger partial charge in [-0.05, 0) is 55.4 Å². The predicted octanol–water partition coefficient (Wildman–Crippen LogP) is 3.04. The van der Waals surface area contributed by atoms with Crippen molar-refractivity contribution in [2.24, 2.45) is 0 Å². The van der Waals surface area contributed by atoms with Gasteiger partial charge in [0, 0.05) is 0 Å². The van der Waals surface area contributed by atoms with Crippen molar-refractivity contribution < 1.29 is 9.47 Å². The van der Waals surface area contributed by atoms with Crippen LogP contribution in [0.25, 0.3) is 0 Å². The molecule has 0 fully saturated rings. The molecule has 0 bridgehead atoms. The molecule has 0 amide bonds. The molecule has 3 nitrogen and oxygen atoms in total. The first kappa shape index (κ1) is 14.4. The van der Waals surface area contributed by atoms with Crippen molar-refractivity contribution in [3.05, 3.63) is 59.7 Å². The molecular formula is C17H21NO2. The highest BCUT2D eigenvalue weighted by molar-refractivity contribution is 5.31. The predicted molar refractivity (Wildman–Crippen MR) is 81.4 cm³/mol. The second-order valence-corrected chi connectivity index (χ2v) is 4.63. The van der Waals surface area contributed by atoms with E-state index in [4.69, 9.17) is 9.47 Å². The van der Waals surface area contributed by atoms with E-state index in [0.717, 1.165) is 24.5 Å². The van der Waals surface area contributed by atoms with E-state index in [1.54, 1.807) is 7.11 Å². The lowest BCUT2D eigenvalue weighted by Crippen LogP contribution is -2.10. The molecule has 0 saturated heterocycles. The van der Waals surface area contributed by atoms with Gasteiger partial charge >= 0.3 is 0 Å². The summed E-state index contributed by atoms with van der Waals surface area (Å²) in [4.78, 5) is 0. The molecular weight excluding hydrogens is 250 g/mol. The minimum absolute atomic E-state index is 0.582. The van der Waals surface area contributed by atoms with Crippen molar-refractivity contribution in [1.82, 2.24) is 5.32 Å². The molecule has 2 aromatic carbocycles. The third-order valence-corrected chi connectivity index (χ3v) is 3.15. The normalized spacial score (nSPS) is 10.3. The Morgan fingerprint density at radius 2 is 1.45 bits per heavy atom. The second-order valence-electron chi connectivity index (χ2n) is 4.63. The Kier molecular flexibility index (Phi) is 5.44. The third kappa shape index (κ3) is 4.28. The molecule has 1 N–H and O–H groups in total. The molecule has 0 aliphatic heterocycles. The van der Waals surface area contributed by atoms with Crippen molar-refractivity contribution in [2.75, 3.05) is 20.7 Å². The molecule has 0 aliphatic rings. The summed E-state index contributed by atoms with van der Waals surface area (Å²) >= 11 is 0. The fourth-order valence-electron chi connectivity index (χ4n) is 1.91. The van der Waals surface area contributed by atoms with Crippen LogP contribution in [0.1, 0.15) is 11.1 Å². The van der Waals surface area contributed by atoms with Crippen LogP contribution in [0.2, 0.25) is 0 Å². The summed E-state index contributed by atoms with van der Waals surface area (Å²) in [6, 6.07) is 16.2. The fourth-order valence-corrected chi connectivity index (χ4v) is 1.91. The van der Waals surface area contributed by atoms with E-state index in [2.05, 4.69) is 29.6 Å². The largest absolute Gasteiger partial charge is 0.497 e. The van der Waals surface area contributed by atoms with Crippen LogP contribution < -0.4 is 14.8 Å². The standard InChI is InChI=1S/C17H21NO2/c1-18-12-11-14-3-5-15(6-4-14)13-20-17-9-7-16(19-2)8-10-17/h3-10,18H,11-13H2,1-2H3. The molecule has 0 radical (unpaired) electrons. The van der Waals surface area contributed by atoms with Gasteiger partial charge < -0.3 is 14.8 Å². The Morgan fingerprint density at radius 1 is 0.850 bits per heavy atom. The van der Waals surface area contributed by atoms with Gasteiger partial charge in [-0.15, -0.1) is 0 Å². The van der Waals surface area contributed by atoms with E-state index in [9.17, 15) is 0 Å². The number of likely N-dealkylation sites (N-methyl/N-ethyl adjacent to an activating group) is 1. The number of methoxy groups -OCH3 is 1. The number of ether oxygens (including phenoxy) is 2. The first-order valence-corrected chi connectivity index (χ1v) is 6.81. The van der Waals surface area contributed by atoms with Crippen molar-refractivity contribution >= 4 is 0 Å². The van der Waals surface area contributed by atoms with E-state index >= 15 is 0 Å². The Hall–Kier alpha value is -2.00. The average molecular weight is 271 g/mol. The smallest absolute Gasteiger partial charge is 0.120 e. The topological polar surface area (TPSA) is 30.5 Å². The zero-order valence-corrected chi connectivity index (χ0v) is 12.1. The molecule has 0 aliphatic carbocycles. The number of benzene rings is 2. The zero-order valence-electron chi connectivity index (χ0n) is 12.1. The number of rotatable bonds is 7. The molecule has 2 rings (SSSR count). The van der Waals surface area contributed by atoms with Crippen LogP contribution in [0.15, 0.2) is 48.5 Å². The van der Waals surface area contributed by atoms with Gasteiger partial charge in [-0.2, -0.15) is 0 Å². The summed E-state index contributed by atoms with van der Waals surface area (Å²) in [5.74, 6) is 1.69. The lowest BCUT2D eigenvalue weighted by Gasteiger charge is -2.08. The van der Waals surface area contributed by atoms with Gasteiger partial charge in [0.15, 0.2) is 0 Å². The highest BCUT2D eigenvalue weighted by Crippen LogP contribution is 2.18. The maximum Gasteiger partial charge on any atom is 0.120 e. The lowest BCUT2D eigenvalue weighted by molar-refractivity contribution is 0.305. The fraction of sp³-hybridized carbons (Fsp3) is 0.294.